The maximum absolute atomic E-state index is 10.4. The summed E-state index contributed by atoms with van der Waals surface area (Å²) in [6.45, 7) is 6.37. The normalized spacial score (nSPS) is 24.0. The summed E-state index contributed by atoms with van der Waals surface area (Å²) in [4.78, 5) is 0. The number of rotatable bonds is 6. The van der Waals surface area contributed by atoms with Gasteiger partial charge < -0.3 is 5.11 Å². The first-order valence-electron chi connectivity index (χ1n) is 6.82. The van der Waals surface area contributed by atoms with Crippen molar-refractivity contribution >= 4 is 0 Å². The van der Waals surface area contributed by atoms with E-state index in [9.17, 15) is 5.11 Å². The van der Waals surface area contributed by atoms with Gasteiger partial charge in [-0.3, -0.25) is 0 Å². The van der Waals surface area contributed by atoms with E-state index in [4.69, 9.17) is 0 Å². The highest BCUT2D eigenvalue weighted by Crippen LogP contribution is 2.37. The third-order valence-corrected chi connectivity index (χ3v) is 4.33. The fourth-order valence-electron chi connectivity index (χ4n) is 2.97. The van der Waals surface area contributed by atoms with Crippen LogP contribution in [0.1, 0.15) is 72.1 Å². The Bertz CT molecular complexity index is 168. The topological polar surface area (TPSA) is 20.2 Å². The summed E-state index contributed by atoms with van der Waals surface area (Å²) in [6.07, 6.45) is 10.2. The predicted octanol–water partition coefficient (Wildman–Crippen LogP) is 4.14. The molecule has 0 radical (unpaired) electrons. The second-order valence-electron chi connectivity index (χ2n) is 5.58. The van der Waals surface area contributed by atoms with Crippen molar-refractivity contribution in [1.82, 2.24) is 0 Å². The van der Waals surface area contributed by atoms with Crippen molar-refractivity contribution < 1.29 is 5.11 Å². The van der Waals surface area contributed by atoms with E-state index >= 15 is 0 Å². The van der Waals surface area contributed by atoms with Crippen LogP contribution in [0.15, 0.2) is 0 Å². The molecule has 0 heterocycles. The third-order valence-electron chi connectivity index (χ3n) is 4.33. The molecule has 1 fully saturated rings. The molecule has 1 N–H and O–H groups in total. The van der Waals surface area contributed by atoms with Crippen LogP contribution in [0, 0.1) is 11.8 Å². The molecule has 1 aliphatic rings. The lowest BCUT2D eigenvalue weighted by atomic mass is 9.77. The van der Waals surface area contributed by atoms with Crippen LogP contribution in [0.4, 0.5) is 0 Å². The van der Waals surface area contributed by atoms with Crippen LogP contribution in [0.25, 0.3) is 0 Å². The Hall–Kier alpha value is -0.0400. The molecule has 2 atom stereocenters. The minimum atomic E-state index is -0.432. The summed E-state index contributed by atoms with van der Waals surface area (Å²) in [7, 11) is 0. The van der Waals surface area contributed by atoms with E-state index in [0.717, 1.165) is 12.3 Å². The molecule has 1 saturated carbocycles. The van der Waals surface area contributed by atoms with Crippen LogP contribution in [0.5, 0.6) is 0 Å². The average Bonchev–Trinajstić information content (AvgIpc) is 2.70. The van der Waals surface area contributed by atoms with Crippen LogP contribution in [0.3, 0.4) is 0 Å². The SMILES string of the molecule is CCCC(CC1CCCC1)C(C)(O)CC. The Balaban J connectivity index is 2.48. The molecule has 0 saturated heterocycles. The van der Waals surface area contributed by atoms with Gasteiger partial charge in [-0.15, -0.1) is 0 Å². The summed E-state index contributed by atoms with van der Waals surface area (Å²) in [6, 6.07) is 0. The zero-order chi connectivity index (χ0) is 11.3. The molecule has 1 rings (SSSR count). The first kappa shape index (κ1) is 13.0. The molecular formula is C14H28O. The molecule has 1 heteroatoms. The monoisotopic (exact) mass is 212 g/mol. The van der Waals surface area contributed by atoms with E-state index < -0.39 is 5.60 Å². The standard InChI is InChI=1S/C14H28O/c1-4-8-13(14(3,15)5-2)11-12-9-6-7-10-12/h12-13,15H,4-11H2,1-3H3. The highest BCUT2D eigenvalue weighted by molar-refractivity contribution is 4.83. The van der Waals surface area contributed by atoms with Gasteiger partial charge in [-0.1, -0.05) is 46.0 Å². The van der Waals surface area contributed by atoms with Crippen molar-refractivity contribution in [3.63, 3.8) is 0 Å². The second-order valence-corrected chi connectivity index (χ2v) is 5.58. The third kappa shape index (κ3) is 3.79. The first-order chi connectivity index (χ1) is 7.10. The van der Waals surface area contributed by atoms with E-state index in [-0.39, 0.29) is 0 Å². The van der Waals surface area contributed by atoms with Crippen LogP contribution in [-0.2, 0) is 0 Å². The van der Waals surface area contributed by atoms with Crippen LogP contribution < -0.4 is 0 Å². The van der Waals surface area contributed by atoms with E-state index in [1.807, 2.05) is 6.92 Å². The molecule has 90 valence electrons. The highest BCUT2D eigenvalue weighted by Gasteiger charge is 2.31. The Morgan fingerprint density at radius 3 is 2.33 bits per heavy atom. The maximum atomic E-state index is 10.4. The molecular weight excluding hydrogens is 184 g/mol. The van der Waals surface area contributed by atoms with Crippen molar-refractivity contribution in [2.75, 3.05) is 0 Å². The smallest absolute Gasteiger partial charge is 0.0645 e. The minimum Gasteiger partial charge on any atom is -0.390 e. The van der Waals surface area contributed by atoms with E-state index in [1.54, 1.807) is 0 Å². The van der Waals surface area contributed by atoms with Gasteiger partial charge in [-0.05, 0) is 38.0 Å². The van der Waals surface area contributed by atoms with Crippen molar-refractivity contribution in [2.45, 2.75) is 77.7 Å². The van der Waals surface area contributed by atoms with Gasteiger partial charge >= 0.3 is 0 Å². The number of hydrogen-bond acceptors (Lipinski definition) is 1. The minimum absolute atomic E-state index is 0.432. The van der Waals surface area contributed by atoms with Gasteiger partial charge in [0.15, 0.2) is 0 Å². The lowest BCUT2D eigenvalue weighted by Gasteiger charge is -2.33. The molecule has 0 aromatic carbocycles. The van der Waals surface area contributed by atoms with Crippen molar-refractivity contribution in [2.24, 2.45) is 11.8 Å². The van der Waals surface area contributed by atoms with Crippen LogP contribution in [-0.4, -0.2) is 10.7 Å². The summed E-state index contributed by atoms with van der Waals surface area (Å²) in [5.41, 5.74) is -0.432. The van der Waals surface area contributed by atoms with Gasteiger partial charge in [0.25, 0.3) is 0 Å². The quantitative estimate of drug-likeness (QED) is 0.701. The fourth-order valence-corrected chi connectivity index (χ4v) is 2.97. The average molecular weight is 212 g/mol. The van der Waals surface area contributed by atoms with Gasteiger partial charge in [-0.2, -0.15) is 0 Å². The van der Waals surface area contributed by atoms with Gasteiger partial charge in [0.1, 0.15) is 0 Å². The lowest BCUT2D eigenvalue weighted by Crippen LogP contribution is -2.34. The molecule has 1 aliphatic carbocycles. The molecule has 1 nitrogen and oxygen atoms in total. The Morgan fingerprint density at radius 1 is 1.27 bits per heavy atom. The summed E-state index contributed by atoms with van der Waals surface area (Å²) < 4.78 is 0. The summed E-state index contributed by atoms with van der Waals surface area (Å²) >= 11 is 0. The van der Waals surface area contributed by atoms with E-state index in [0.29, 0.717) is 5.92 Å². The Morgan fingerprint density at radius 2 is 1.87 bits per heavy atom. The van der Waals surface area contributed by atoms with E-state index in [2.05, 4.69) is 13.8 Å². The molecule has 2 unspecified atom stereocenters. The van der Waals surface area contributed by atoms with Crippen LogP contribution in [0.2, 0.25) is 0 Å². The molecule has 0 amide bonds. The van der Waals surface area contributed by atoms with Crippen molar-refractivity contribution in [3.8, 4) is 0 Å². The molecule has 0 aromatic rings. The molecule has 0 bridgehead atoms. The molecule has 0 aromatic heterocycles. The van der Waals surface area contributed by atoms with Gasteiger partial charge in [0.2, 0.25) is 0 Å². The van der Waals surface area contributed by atoms with Gasteiger partial charge in [0, 0.05) is 0 Å². The van der Waals surface area contributed by atoms with Crippen molar-refractivity contribution in [1.29, 1.82) is 0 Å². The second kappa shape index (κ2) is 5.89. The van der Waals surface area contributed by atoms with Gasteiger partial charge in [-0.25, -0.2) is 0 Å². The zero-order valence-electron chi connectivity index (χ0n) is 10.8. The highest BCUT2D eigenvalue weighted by atomic mass is 16.3. The lowest BCUT2D eigenvalue weighted by molar-refractivity contribution is -0.0182. The summed E-state index contributed by atoms with van der Waals surface area (Å²) in [5.74, 6) is 1.43. The largest absolute Gasteiger partial charge is 0.390 e. The molecule has 0 spiro atoms. The zero-order valence-corrected chi connectivity index (χ0v) is 10.8. The van der Waals surface area contributed by atoms with Crippen molar-refractivity contribution in [3.05, 3.63) is 0 Å². The number of hydrogen-bond donors (Lipinski definition) is 1. The van der Waals surface area contributed by atoms with E-state index in [1.165, 1.54) is 44.9 Å². The van der Waals surface area contributed by atoms with Crippen LogP contribution >= 0.6 is 0 Å². The molecule has 15 heavy (non-hydrogen) atoms. The predicted molar refractivity (Wildman–Crippen MR) is 65.9 cm³/mol. The number of aliphatic hydroxyl groups is 1. The fraction of sp³-hybridized carbons (Fsp3) is 1.00. The molecule has 0 aliphatic heterocycles. The van der Waals surface area contributed by atoms with Gasteiger partial charge in [0.05, 0.1) is 5.60 Å². The maximum Gasteiger partial charge on any atom is 0.0645 e. The first-order valence-corrected chi connectivity index (χ1v) is 6.82. The Kier molecular flexibility index (Phi) is 5.11. The summed E-state index contributed by atoms with van der Waals surface area (Å²) in [5, 5.41) is 10.4. The Labute approximate surface area is 95.3 Å².